The van der Waals surface area contributed by atoms with Crippen LogP contribution in [-0.4, -0.2) is 34.1 Å². The van der Waals surface area contributed by atoms with E-state index in [0.717, 1.165) is 19.5 Å². The van der Waals surface area contributed by atoms with Crippen LogP contribution in [0.2, 0.25) is 0 Å². The molecule has 0 fully saturated rings. The Labute approximate surface area is 78.6 Å². The number of hydrogen-bond acceptors (Lipinski definition) is 3. The van der Waals surface area contributed by atoms with Gasteiger partial charge in [-0.1, -0.05) is 6.92 Å². The first-order valence-electron chi connectivity index (χ1n) is 4.69. The lowest BCUT2D eigenvalue weighted by Crippen LogP contribution is -2.29. The first-order valence-corrected chi connectivity index (χ1v) is 4.69. The predicted molar refractivity (Wildman–Crippen MR) is 51.4 cm³/mol. The molecule has 0 radical (unpaired) electrons. The average Bonchev–Trinajstić information content (AvgIpc) is 2.64. The molecule has 0 saturated carbocycles. The maximum absolute atomic E-state index is 9.23. The molecule has 0 aliphatic heterocycles. The first kappa shape index (κ1) is 10.2. The lowest BCUT2D eigenvalue weighted by molar-refractivity contribution is 0.167. The number of hydrogen-bond donors (Lipinski definition) is 2. The van der Waals surface area contributed by atoms with E-state index in [1.165, 1.54) is 0 Å². The third kappa shape index (κ3) is 4.05. The van der Waals surface area contributed by atoms with Gasteiger partial charge < -0.3 is 10.4 Å². The molecule has 74 valence electrons. The Hall–Kier alpha value is -0.870. The molecule has 1 rings (SSSR count). The molecule has 1 aromatic heterocycles. The van der Waals surface area contributed by atoms with E-state index < -0.39 is 0 Å². The van der Waals surface area contributed by atoms with Crippen molar-refractivity contribution in [1.29, 1.82) is 0 Å². The topological polar surface area (TPSA) is 50.1 Å². The second-order valence-electron chi connectivity index (χ2n) is 3.04. The number of nitrogens with zero attached hydrogens (tertiary/aromatic N) is 2. The van der Waals surface area contributed by atoms with E-state index in [1.54, 1.807) is 6.20 Å². The number of rotatable bonds is 6. The van der Waals surface area contributed by atoms with Gasteiger partial charge in [-0.15, -0.1) is 0 Å². The van der Waals surface area contributed by atoms with Gasteiger partial charge in [0.05, 0.1) is 12.6 Å². The Bertz CT molecular complexity index is 211. The minimum Gasteiger partial charge on any atom is -0.392 e. The third-order valence-corrected chi connectivity index (χ3v) is 1.93. The molecule has 0 aromatic carbocycles. The molecule has 0 saturated heterocycles. The van der Waals surface area contributed by atoms with Crippen LogP contribution in [0.4, 0.5) is 0 Å². The molecule has 13 heavy (non-hydrogen) atoms. The van der Waals surface area contributed by atoms with Crippen LogP contribution in [0.15, 0.2) is 18.5 Å². The fourth-order valence-electron chi connectivity index (χ4n) is 1.04. The van der Waals surface area contributed by atoms with Crippen molar-refractivity contribution in [1.82, 2.24) is 15.1 Å². The van der Waals surface area contributed by atoms with Crippen LogP contribution >= 0.6 is 0 Å². The van der Waals surface area contributed by atoms with E-state index >= 15 is 0 Å². The molecular weight excluding hydrogens is 166 g/mol. The van der Waals surface area contributed by atoms with Gasteiger partial charge in [0.25, 0.3) is 0 Å². The zero-order valence-corrected chi connectivity index (χ0v) is 7.98. The van der Waals surface area contributed by atoms with Crippen LogP contribution in [0.3, 0.4) is 0 Å². The maximum Gasteiger partial charge on any atom is 0.0662 e. The van der Waals surface area contributed by atoms with Crippen molar-refractivity contribution in [2.24, 2.45) is 0 Å². The van der Waals surface area contributed by atoms with E-state index in [2.05, 4.69) is 10.4 Å². The van der Waals surface area contributed by atoms with Crippen LogP contribution in [0.5, 0.6) is 0 Å². The smallest absolute Gasteiger partial charge is 0.0662 e. The number of aliphatic hydroxyl groups excluding tert-OH is 1. The van der Waals surface area contributed by atoms with E-state index in [4.69, 9.17) is 0 Å². The molecule has 1 atom stereocenters. The monoisotopic (exact) mass is 183 g/mol. The second kappa shape index (κ2) is 5.72. The Balaban J connectivity index is 2.02. The minimum atomic E-state index is -0.224. The van der Waals surface area contributed by atoms with Crippen LogP contribution in [-0.2, 0) is 6.54 Å². The van der Waals surface area contributed by atoms with E-state index in [0.29, 0.717) is 6.54 Å². The van der Waals surface area contributed by atoms with Crippen molar-refractivity contribution < 1.29 is 5.11 Å². The Morgan fingerprint density at radius 2 is 2.46 bits per heavy atom. The van der Waals surface area contributed by atoms with Gasteiger partial charge in [-0.2, -0.15) is 5.10 Å². The lowest BCUT2D eigenvalue weighted by atomic mass is 10.3. The molecule has 0 bridgehead atoms. The molecule has 4 nitrogen and oxygen atoms in total. The molecule has 2 N–H and O–H groups in total. The van der Waals surface area contributed by atoms with Gasteiger partial charge in [0.15, 0.2) is 0 Å². The summed E-state index contributed by atoms with van der Waals surface area (Å²) >= 11 is 0. The van der Waals surface area contributed by atoms with Crippen molar-refractivity contribution in [3.63, 3.8) is 0 Å². The van der Waals surface area contributed by atoms with Gasteiger partial charge in [0, 0.05) is 25.5 Å². The zero-order chi connectivity index (χ0) is 9.52. The van der Waals surface area contributed by atoms with Crippen molar-refractivity contribution in [2.45, 2.75) is 26.0 Å². The standard InChI is InChI=1S/C9H17N3O/c1-2-9(13)8-10-5-7-12-6-3-4-11-12/h3-4,6,9-10,13H,2,5,7-8H2,1H3. The SMILES string of the molecule is CCC(O)CNCCn1cccn1. The van der Waals surface area contributed by atoms with Crippen molar-refractivity contribution in [3.8, 4) is 0 Å². The number of aliphatic hydroxyl groups is 1. The highest BCUT2D eigenvalue weighted by Gasteiger charge is 1.98. The van der Waals surface area contributed by atoms with Crippen LogP contribution in [0, 0.1) is 0 Å². The molecule has 1 unspecified atom stereocenters. The summed E-state index contributed by atoms with van der Waals surface area (Å²) in [6, 6.07) is 1.90. The van der Waals surface area contributed by atoms with Gasteiger partial charge in [-0.3, -0.25) is 4.68 Å². The van der Waals surface area contributed by atoms with Gasteiger partial charge in [-0.25, -0.2) is 0 Å². The van der Waals surface area contributed by atoms with Crippen LogP contribution in [0.1, 0.15) is 13.3 Å². The first-order chi connectivity index (χ1) is 6.33. The van der Waals surface area contributed by atoms with E-state index in [-0.39, 0.29) is 6.10 Å². The summed E-state index contributed by atoms with van der Waals surface area (Å²) in [4.78, 5) is 0. The summed E-state index contributed by atoms with van der Waals surface area (Å²) in [5.41, 5.74) is 0. The highest BCUT2D eigenvalue weighted by molar-refractivity contribution is 4.77. The molecular formula is C9H17N3O. The Morgan fingerprint density at radius 3 is 3.08 bits per heavy atom. The maximum atomic E-state index is 9.23. The normalized spacial score (nSPS) is 13.1. The van der Waals surface area contributed by atoms with Crippen molar-refractivity contribution in [3.05, 3.63) is 18.5 Å². The van der Waals surface area contributed by atoms with Gasteiger partial charge in [0.2, 0.25) is 0 Å². The fourth-order valence-corrected chi connectivity index (χ4v) is 1.04. The van der Waals surface area contributed by atoms with Crippen molar-refractivity contribution in [2.75, 3.05) is 13.1 Å². The molecule has 1 heterocycles. The summed E-state index contributed by atoms with van der Waals surface area (Å²) in [6.45, 7) is 4.33. The predicted octanol–water partition coefficient (Wildman–Crippen LogP) is 0.244. The molecule has 0 aliphatic carbocycles. The van der Waals surface area contributed by atoms with E-state index in [1.807, 2.05) is 23.9 Å². The highest BCUT2D eigenvalue weighted by Crippen LogP contribution is 1.86. The third-order valence-electron chi connectivity index (χ3n) is 1.93. The van der Waals surface area contributed by atoms with Gasteiger partial charge in [0.1, 0.15) is 0 Å². The summed E-state index contributed by atoms with van der Waals surface area (Å²) in [5, 5.41) is 16.5. The van der Waals surface area contributed by atoms with Crippen LogP contribution < -0.4 is 5.32 Å². The van der Waals surface area contributed by atoms with Gasteiger partial charge >= 0.3 is 0 Å². The lowest BCUT2D eigenvalue weighted by Gasteiger charge is -2.08. The summed E-state index contributed by atoms with van der Waals surface area (Å²) in [5.74, 6) is 0. The second-order valence-corrected chi connectivity index (χ2v) is 3.04. The summed E-state index contributed by atoms with van der Waals surface area (Å²) < 4.78 is 1.87. The minimum absolute atomic E-state index is 0.224. The molecule has 0 aliphatic rings. The highest BCUT2D eigenvalue weighted by atomic mass is 16.3. The zero-order valence-electron chi connectivity index (χ0n) is 7.98. The quantitative estimate of drug-likeness (QED) is 0.621. The molecule has 1 aromatic rings. The van der Waals surface area contributed by atoms with E-state index in [9.17, 15) is 5.11 Å². The summed E-state index contributed by atoms with van der Waals surface area (Å²) in [6.07, 6.45) is 4.27. The number of nitrogens with one attached hydrogen (secondary N) is 1. The molecule has 4 heteroatoms. The number of aromatic nitrogens is 2. The van der Waals surface area contributed by atoms with Gasteiger partial charge in [-0.05, 0) is 12.5 Å². The molecule has 0 spiro atoms. The van der Waals surface area contributed by atoms with Crippen LogP contribution in [0.25, 0.3) is 0 Å². The fraction of sp³-hybridized carbons (Fsp3) is 0.667. The average molecular weight is 183 g/mol. The summed E-state index contributed by atoms with van der Waals surface area (Å²) in [7, 11) is 0. The largest absolute Gasteiger partial charge is 0.392 e. The Morgan fingerprint density at radius 1 is 1.62 bits per heavy atom. The Kier molecular flexibility index (Phi) is 4.49. The van der Waals surface area contributed by atoms with Crippen molar-refractivity contribution >= 4 is 0 Å². The molecule has 0 amide bonds.